The van der Waals surface area contributed by atoms with Crippen molar-refractivity contribution in [1.29, 1.82) is 0 Å². The van der Waals surface area contributed by atoms with Crippen LogP contribution in [-0.2, 0) is 0 Å². The van der Waals surface area contributed by atoms with Crippen LogP contribution in [0, 0.1) is 17.7 Å². The molecule has 0 radical (unpaired) electrons. The van der Waals surface area contributed by atoms with E-state index in [4.69, 9.17) is 5.73 Å². The normalized spacial score (nSPS) is 23.2. The van der Waals surface area contributed by atoms with E-state index in [9.17, 15) is 14.3 Å². The summed E-state index contributed by atoms with van der Waals surface area (Å²) in [6.45, 7) is 1.54. The predicted octanol–water partition coefficient (Wildman–Crippen LogP) is 2.83. The maximum Gasteiger partial charge on any atom is 0.269 e. The summed E-state index contributed by atoms with van der Waals surface area (Å²) in [6, 6.07) is 3.54. The lowest BCUT2D eigenvalue weighted by atomic mass is 9.75. The SMILES string of the molecule is CC(O)C#Cc1cc2c(cc1F)C1CC(C1)n1c-2nc(C(N)=O)c1C1CC1. The average molecular weight is 365 g/mol. The van der Waals surface area contributed by atoms with Gasteiger partial charge in [0.1, 0.15) is 23.4 Å². The van der Waals surface area contributed by atoms with Crippen LogP contribution in [0.5, 0.6) is 0 Å². The molecule has 2 aliphatic heterocycles. The Kier molecular flexibility index (Phi) is 3.47. The topological polar surface area (TPSA) is 81.1 Å². The lowest BCUT2D eigenvalue weighted by Crippen LogP contribution is -2.25. The molecule has 5 nitrogen and oxygen atoms in total. The lowest BCUT2D eigenvalue weighted by Gasteiger charge is -2.35. The highest BCUT2D eigenvalue weighted by atomic mass is 19.1. The maximum atomic E-state index is 14.6. The summed E-state index contributed by atoms with van der Waals surface area (Å²) in [4.78, 5) is 16.6. The van der Waals surface area contributed by atoms with Crippen LogP contribution in [0.15, 0.2) is 12.1 Å². The Morgan fingerprint density at radius 3 is 2.74 bits per heavy atom. The number of amides is 1. The second-order valence-corrected chi connectivity index (χ2v) is 7.86. The molecule has 0 saturated heterocycles. The summed E-state index contributed by atoms with van der Waals surface area (Å²) >= 11 is 0. The zero-order chi connectivity index (χ0) is 18.9. The molecule has 138 valence electrons. The summed E-state index contributed by atoms with van der Waals surface area (Å²) in [7, 11) is 0. The highest BCUT2D eigenvalue weighted by Crippen LogP contribution is 2.55. The molecule has 2 saturated carbocycles. The van der Waals surface area contributed by atoms with Crippen molar-refractivity contribution in [3.8, 4) is 23.2 Å². The molecule has 1 atom stereocenters. The third kappa shape index (κ3) is 2.49. The number of aliphatic hydroxyl groups excluding tert-OH is 1. The first-order valence-electron chi connectivity index (χ1n) is 9.39. The maximum absolute atomic E-state index is 14.6. The number of nitrogens with two attached hydrogens (primary N) is 1. The van der Waals surface area contributed by atoms with Crippen molar-refractivity contribution in [2.24, 2.45) is 5.73 Å². The molecule has 0 spiro atoms. The number of hydrogen-bond acceptors (Lipinski definition) is 3. The van der Waals surface area contributed by atoms with Crippen LogP contribution in [0.2, 0.25) is 0 Å². The van der Waals surface area contributed by atoms with Gasteiger partial charge in [-0.05, 0) is 56.2 Å². The number of halogens is 1. The Hall–Kier alpha value is -2.65. The molecule has 3 heterocycles. The van der Waals surface area contributed by atoms with Gasteiger partial charge in [0.2, 0.25) is 0 Å². The van der Waals surface area contributed by atoms with Gasteiger partial charge in [0.25, 0.3) is 5.91 Å². The van der Waals surface area contributed by atoms with E-state index in [1.807, 2.05) is 0 Å². The first-order valence-corrected chi connectivity index (χ1v) is 9.39. The summed E-state index contributed by atoms with van der Waals surface area (Å²) in [5.41, 5.74) is 8.91. The van der Waals surface area contributed by atoms with Gasteiger partial charge in [-0.15, -0.1) is 0 Å². The van der Waals surface area contributed by atoms with E-state index in [1.54, 1.807) is 12.1 Å². The van der Waals surface area contributed by atoms with E-state index in [0.717, 1.165) is 42.5 Å². The quantitative estimate of drug-likeness (QED) is 0.803. The summed E-state index contributed by atoms with van der Waals surface area (Å²) in [5, 5.41) is 9.40. The summed E-state index contributed by atoms with van der Waals surface area (Å²) in [6.07, 6.45) is 3.10. The number of aromatic nitrogens is 2. The van der Waals surface area contributed by atoms with E-state index in [0.29, 0.717) is 23.4 Å². The van der Waals surface area contributed by atoms with E-state index >= 15 is 0 Å². The van der Waals surface area contributed by atoms with Crippen LogP contribution in [0.3, 0.4) is 0 Å². The van der Waals surface area contributed by atoms with Crippen LogP contribution in [0.4, 0.5) is 4.39 Å². The minimum absolute atomic E-state index is 0.233. The van der Waals surface area contributed by atoms with Crippen LogP contribution in [0.1, 0.15) is 77.8 Å². The number of carbonyl (C=O) groups is 1. The molecule has 1 aromatic carbocycles. The number of imidazole rings is 1. The van der Waals surface area contributed by atoms with Crippen molar-refractivity contribution in [3.05, 3.63) is 40.5 Å². The Balaban J connectivity index is 1.75. The molecule has 1 unspecified atom stereocenters. The van der Waals surface area contributed by atoms with Gasteiger partial charge < -0.3 is 15.4 Å². The highest BCUT2D eigenvalue weighted by Gasteiger charge is 2.44. The predicted molar refractivity (Wildman–Crippen MR) is 97.7 cm³/mol. The van der Waals surface area contributed by atoms with Crippen molar-refractivity contribution in [1.82, 2.24) is 9.55 Å². The van der Waals surface area contributed by atoms with E-state index < -0.39 is 12.0 Å². The van der Waals surface area contributed by atoms with E-state index in [-0.39, 0.29) is 17.4 Å². The molecule has 2 bridgehead atoms. The Labute approximate surface area is 156 Å². The molecular formula is C21H20FN3O2. The molecule has 4 aliphatic rings. The fourth-order valence-electron chi connectivity index (χ4n) is 4.38. The van der Waals surface area contributed by atoms with Gasteiger partial charge in [-0.25, -0.2) is 9.37 Å². The van der Waals surface area contributed by atoms with Crippen molar-refractivity contribution in [2.45, 2.75) is 56.6 Å². The van der Waals surface area contributed by atoms with Gasteiger partial charge in [-0.2, -0.15) is 0 Å². The summed E-state index contributed by atoms with van der Waals surface area (Å²) < 4.78 is 16.8. The van der Waals surface area contributed by atoms with Crippen LogP contribution in [0.25, 0.3) is 11.4 Å². The van der Waals surface area contributed by atoms with Gasteiger partial charge >= 0.3 is 0 Å². The van der Waals surface area contributed by atoms with Gasteiger partial charge in [0, 0.05) is 17.5 Å². The minimum Gasteiger partial charge on any atom is -0.381 e. The zero-order valence-electron chi connectivity index (χ0n) is 15.0. The third-order valence-electron chi connectivity index (χ3n) is 5.86. The van der Waals surface area contributed by atoms with Gasteiger partial charge in [0.05, 0.1) is 11.3 Å². The van der Waals surface area contributed by atoms with Gasteiger partial charge in [-0.3, -0.25) is 4.79 Å². The Morgan fingerprint density at radius 2 is 2.11 bits per heavy atom. The average Bonchev–Trinajstić information content (AvgIpc) is 3.36. The minimum atomic E-state index is -0.832. The fraction of sp³-hybridized carbons (Fsp3) is 0.429. The van der Waals surface area contributed by atoms with E-state index in [1.165, 1.54) is 6.92 Å². The molecule has 6 heteroatoms. The molecule has 2 fully saturated rings. The number of primary amides is 1. The largest absolute Gasteiger partial charge is 0.381 e. The van der Waals surface area contributed by atoms with Gasteiger partial charge in [0.15, 0.2) is 0 Å². The van der Waals surface area contributed by atoms with Crippen LogP contribution < -0.4 is 5.73 Å². The highest BCUT2D eigenvalue weighted by molar-refractivity contribution is 5.93. The molecule has 3 N–H and O–H groups in total. The molecule has 27 heavy (non-hydrogen) atoms. The smallest absolute Gasteiger partial charge is 0.269 e. The van der Waals surface area contributed by atoms with Crippen molar-refractivity contribution < 1.29 is 14.3 Å². The van der Waals surface area contributed by atoms with Crippen molar-refractivity contribution >= 4 is 5.91 Å². The van der Waals surface area contributed by atoms with E-state index in [2.05, 4.69) is 21.4 Å². The molecule has 6 rings (SSSR count). The lowest BCUT2D eigenvalue weighted by molar-refractivity contribution is 0.0994. The number of nitrogens with zero attached hydrogens (tertiary/aromatic N) is 2. The Morgan fingerprint density at radius 1 is 1.37 bits per heavy atom. The first-order chi connectivity index (χ1) is 12.9. The number of carbonyl (C=O) groups excluding carboxylic acids is 1. The van der Waals surface area contributed by atoms with Crippen molar-refractivity contribution in [2.75, 3.05) is 0 Å². The second kappa shape index (κ2) is 5.67. The number of hydrogen-bond donors (Lipinski definition) is 2. The molecule has 1 amide bonds. The van der Waals surface area contributed by atoms with Gasteiger partial charge in [-0.1, -0.05) is 11.8 Å². The molecular weight excluding hydrogens is 345 g/mol. The zero-order valence-corrected chi connectivity index (χ0v) is 15.0. The standard InChI is InChI=1S/C21H20FN3O2/c1-10(26)2-3-12-8-16-15(9-17(12)22)13-6-14(7-13)25-19(11-4-5-11)18(20(23)27)24-21(16)25/h8-11,13-14,26H,4-7H2,1H3,(H2,23,27). The summed E-state index contributed by atoms with van der Waals surface area (Å²) in [5.74, 6) is 5.75. The molecule has 2 aliphatic carbocycles. The third-order valence-corrected chi connectivity index (χ3v) is 5.86. The number of rotatable bonds is 2. The molecule has 1 aromatic heterocycles. The first kappa shape index (κ1) is 16.5. The number of aliphatic hydroxyl groups is 1. The van der Waals surface area contributed by atoms with Crippen molar-refractivity contribution in [3.63, 3.8) is 0 Å². The Bertz CT molecular complexity index is 1030. The van der Waals surface area contributed by atoms with Crippen LogP contribution >= 0.6 is 0 Å². The molecule has 2 aromatic rings. The van der Waals surface area contributed by atoms with Crippen LogP contribution in [-0.4, -0.2) is 26.7 Å². The number of benzene rings is 1. The second-order valence-electron chi connectivity index (χ2n) is 7.86. The monoisotopic (exact) mass is 365 g/mol. The fourth-order valence-corrected chi connectivity index (χ4v) is 4.38.